The summed E-state index contributed by atoms with van der Waals surface area (Å²) in [6.07, 6.45) is 11.8. The molecule has 1 N–H and O–H groups in total. The van der Waals surface area contributed by atoms with Gasteiger partial charge in [0.2, 0.25) is 0 Å². The van der Waals surface area contributed by atoms with Gasteiger partial charge in [0.25, 0.3) is 0 Å². The zero-order valence-electron chi connectivity index (χ0n) is 10.7. The maximum atomic E-state index is 3.49. The molecule has 1 atom stereocenters. The van der Waals surface area contributed by atoms with Gasteiger partial charge >= 0.3 is 0 Å². The molecule has 1 nitrogen and oxygen atoms in total. The molecule has 0 bridgehead atoms. The molecule has 1 unspecified atom stereocenters. The highest BCUT2D eigenvalue weighted by atomic mass is 32.1. The minimum absolute atomic E-state index is 0.544. The Bertz CT molecular complexity index is 340. The fourth-order valence-corrected chi connectivity index (χ4v) is 3.28. The van der Waals surface area contributed by atoms with Gasteiger partial charge in [-0.05, 0) is 61.5 Å². The Kier molecular flexibility index (Phi) is 5.27. The van der Waals surface area contributed by atoms with E-state index in [4.69, 9.17) is 0 Å². The Morgan fingerprint density at radius 2 is 2.18 bits per heavy atom. The Labute approximate surface area is 109 Å². The van der Waals surface area contributed by atoms with E-state index >= 15 is 0 Å². The summed E-state index contributed by atoms with van der Waals surface area (Å²) < 4.78 is 0. The topological polar surface area (TPSA) is 12.0 Å². The maximum absolute atomic E-state index is 3.49. The normalized spacial score (nSPS) is 22.3. The monoisotopic (exact) mass is 249 g/mol. The smallest absolute Gasteiger partial charge is 0.0317 e. The highest BCUT2D eigenvalue weighted by Crippen LogP contribution is 2.22. The van der Waals surface area contributed by atoms with Gasteiger partial charge in [-0.2, -0.15) is 11.3 Å². The molecule has 1 aromatic heterocycles. The van der Waals surface area contributed by atoms with Crippen molar-refractivity contribution in [3.05, 3.63) is 34.0 Å². The van der Waals surface area contributed by atoms with E-state index in [-0.39, 0.29) is 0 Å². The van der Waals surface area contributed by atoms with Crippen LogP contribution in [0.2, 0.25) is 0 Å². The molecular formula is C15H23NS. The Morgan fingerprint density at radius 3 is 2.94 bits per heavy atom. The van der Waals surface area contributed by atoms with Gasteiger partial charge < -0.3 is 5.32 Å². The van der Waals surface area contributed by atoms with E-state index < -0.39 is 0 Å². The molecule has 1 aliphatic rings. The van der Waals surface area contributed by atoms with Gasteiger partial charge in [0, 0.05) is 6.04 Å². The number of nitrogens with one attached hydrogen (secondary N) is 1. The van der Waals surface area contributed by atoms with Crippen molar-refractivity contribution in [3.8, 4) is 0 Å². The van der Waals surface area contributed by atoms with Crippen molar-refractivity contribution in [2.75, 3.05) is 7.05 Å². The van der Waals surface area contributed by atoms with E-state index in [1.165, 1.54) is 44.1 Å². The highest BCUT2D eigenvalue weighted by molar-refractivity contribution is 7.07. The summed E-state index contributed by atoms with van der Waals surface area (Å²) in [7, 11) is 2.09. The third kappa shape index (κ3) is 3.97. The summed E-state index contributed by atoms with van der Waals surface area (Å²) in [6.45, 7) is 0. The number of rotatable bonds is 4. The Morgan fingerprint density at radius 1 is 1.29 bits per heavy atom. The minimum atomic E-state index is 0.544. The predicted molar refractivity (Wildman–Crippen MR) is 76.7 cm³/mol. The van der Waals surface area contributed by atoms with Crippen LogP contribution in [0.4, 0.5) is 0 Å². The molecule has 0 aliphatic heterocycles. The van der Waals surface area contributed by atoms with Crippen LogP contribution < -0.4 is 5.32 Å². The predicted octanol–water partition coefficient (Wildman–Crippen LogP) is 4.16. The van der Waals surface area contributed by atoms with Crippen LogP contribution >= 0.6 is 11.3 Å². The molecule has 0 amide bonds. The summed E-state index contributed by atoms with van der Waals surface area (Å²) in [5.41, 5.74) is 3.11. The van der Waals surface area contributed by atoms with Gasteiger partial charge in [0.05, 0.1) is 0 Å². The zero-order valence-corrected chi connectivity index (χ0v) is 11.6. The van der Waals surface area contributed by atoms with Gasteiger partial charge in [-0.1, -0.05) is 24.5 Å². The van der Waals surface area contributed by atoms with Crippen LogP contribution in [0.15, 0.2) is 28.5 Å². The molecule has 1 aliphatic carbocycles. The van der Waals surface area contributed by atoms with Crippen molar-refractivity contribution in [3.63, 3.8) is 0 Å². The molecule has 0 radical (unpaired) electrons. The maximum Gasteiger partial charge on any atom is 0.0317 e. The van der Waals surface area contributed by atoms with E-state index in [9.17, 15) is 0 Å². The largest absolute Gasteiger partial charge is 0.313 e. The van der Waals surface area contributed by atoms with E-state index in [0.717, 1.165) is 6.42 Å². The third-order valence-electron chi connectivity index (χ3n) is 3.64. The third-order valence-corrected chi connectivity index (χ3v) is 4.37. The molecule has 2 heteroatoms. The molecule has 0 saturated carbocycles. The van der Waals surface area contributed by atoms with E-state index in [0.29, 0.717) is 6.04 Å². The number of thiophene rings is 1. The second-order valence-corrected chi connectivity index (χ2v) is 5.69. The second-order valence-electron chi connectivity index (χ2n) is 4.91. The lowest BCUT2D eigenvalue weighted by atomic mass is 9.92. The van der Waals surface area contributed by atoms with Crippen molar-refractivity contribution in [2.24, 2.45) is 0 Å². The van der Waals surface area contributed by atoms with E-state index in [1.54, 1.807) is 16.9 Å². The Balaban J connectivity index is 2.00. The first-order valence-corrected chi connectivity index (χ1v) is 7.71. The van der Waals surface area contributed by atoms with Gasteiger partial charge in [-0.3, -0.25) is 0 Å². The molecule has 0 fully saturated rings. The van der Waals surface area contributed by atoms with Crippen molar-refractivity contribution in [1.82, 2.24) is 5.32 Å². The fourth-order valence-electron chi connectivity index (χ4n) is 2.60. The van der Waals surface area contributed by atoms with Gasteiger partial charge in [-0.25, -0.2) is 0 Å². The quantitative estimate of drug-likeness (QED) is 0.790. The summed E-state index contributed by atoms with van der Waals surface area (Å²) in [6, 6.07) is 2.79. The van der Waals surface area contributed by atoms with Crippen molar-refractivity contribution in [2.45, 2.75) is 51.0 Å². The standard InChI is InChI=1S/C15H23NS/c1-16-15(11-13-9-10-17-12-13)14-7-5-3-2-4-6-8-14/h7,9-10,12,15-16H,2-6,8,11H2,1H3/b14-7+. The first-order valence-electron chi connectivity index (χ1n) is 6.77. The van der Waals surface area contributed by atoms with Crippen LogP contribution in [-0.4, -0.2) is 13.1 Å². The molecule has 1 aromatic rings. The van der Waals surface area contributed by atoms with Crippen molar-refractivity contribution >= 4 is 11.3 Å². The molecule has 2 rings (SSSR count). The number of allylic oxidation sites excluding steroid dienone is 1. The van der Waals surface area contributed by atoms with Crippen LogP contribution in [0.5, 0.6) is 0 Å². The Hall–Kier alpha value is -0.600. The van der Waals surface area contributed by atoms with Gasteiger partial charge in [0.15, 0.2) is 0 Å². The average Bonchev–Trinajstić information content (AvgIpc) is 2.79. The van der Waals surface area contributed by atoms with Gasteiger partial charge in [-0.15, -0.1) is 0 Å². The molecule has 94 valence electrons. The van der Waals surface area contributed by atoms with Gasteiger partial charge in [0.1, 0.15) is 0 Å². The van der Waals surface area contributed by atoms with E-state index in [1.807, 2.05) is 0 Å². The van der Waals surface area contributed by atoms with E-state index in [2.05, 4.69) is 35.3 Å². The minimum Gasteiger partial charge on any atom is -0.313 e. The molecule has 17 heavy (non-hydrogen) atoms. The van der Waals surface area contributed by atoms with Crippen molar-refractivity contribution < 1.29 is 0 Å². The molecule has 1 heterocycles. The number of hydrogen-bond acceptors (Lipinski definition) is 2. The summed E-state index contributed by atoms with van der Waals surface area (Å²) in [4.78, 5) is 0. The number of hydrogen-bond donors (Lipinski definition) is 1. The summed E-state index contributed by atoms with van der Waals surface area (Å²) in [5, 5.41) is 7.94. The summed E-state index contributed by atoms with van der Waals surface area (Å²) >= 11 is 1.80. The lowest BCUT2D eigenvalue weighted by Crippen LogP contribution is -2.30. The summed E-state index contributed by atoms with van der Waals surface area (Å²) in [5.74, 6) is 0. The van der Waals surface area contributed by atoms with Crippen molar-refractivity contribution in [1.29, 1.82) is 0 Å². The fraction of sp³-hybridized carbons (Fsp3) is 0.600. The highest BCUT2D eigenvalue weighted by Gasteiger charge is 2.13. The van der Waals surface area contributed by atoms with Crippen LogP contribution in [0.25, 0.3) is 0 Å². The lowest BCUT2D eigenvalue weighted by molar-refractivity contribution is 0.558. The first-order chi connectivity index (χ1) is 8.40. The second kappa shape index (κ2) is 6.97. The molecule has 0 saturated heterocycles. The molecular weight excluding hydrogens is 226 g/mol. The average molecular weight is 249 g/mol. The lowest BCUT2D eigenvalue weighted by Gasteiger charge is -2.21. The van der Waals surface area contributed by atoms with Crippen LogP contribution in [0, 0.1) is 0 Å². The van der Waals surface area contributed by atoms with Crippen LogP contribution in [-0.2, 0) is 6.42 Å². The zero-order chi connectivity index (χ0) is 11.9. The molecule has 0 aromatic carbocycles. The first kappa shape index (κ1) is 12.8. The van der Waals surface area contributed by atoms with Crippen LogP contribution in [0.3, 0.4) is 0 Å². The molecule has 0 spiro atoms. The SMILES string of the molecule is CNC(Cc1ccsc1)/C1=C/CCCCCC1. The number of likely N-dealkylation sites (N-methyl/N-ethyl adjacent to an activating group) is 1. The van der Waals surface area contributed by atoms with Crippen LogP contribution in [0.1, 0.15) is 44.1 Å².